The average Bonchev–Trinajstić information content (AvgIpc) is 2.39. The Balaban J connectivity index is 1.72. The van der Waals surface area contributed by atoms with E-state index in [9.17, 15) is 0 Å². The van der Waals surface area contributed by atoms with Gasteiger partial charge in [0.1, 0.15) is 0 Å². The quantitative estimate of drug-likeness (QED) is 0.770. The zero-order chi connectivity index (χ0) is 11.9. The molecule has 0 N–H and O–H groups in total. The monoisotopic (exact) mass is 232 g/mol. The zero-order valence-corrected chi connectivity index (χ0v) is 10.9. The van der Waals surface area contributed by atoms with Gasteiger partial charge in [-0.2, -0.15) is 0 Å². The predicted molar refractivity (Wildman–Crippen MR) is 73.1 cm³/mol. The molecule has 0 unspecified atom stereocenters. The maximum atomic E-state index is 2.60. The van der Waals surface area contributed by atoms with Gasteiger partial charge in [0.25, 0.3) is 0 Å². The van der Waals surface area contributed by atoms with E-state index in [0.717, 1.165) is 6.54 Å². The third-order valence-corrected chi connectivity index (χ3v) is 3.54. The van der Waals surface area contributed by atoms with Gasteiger partial charge < -0.3 is 4.90 Å². The molecule has 0 radical (unpaired) electrons. The van der Waals surface area contributed by atoms with Crippen molar-refractivity contribution in [1.82, 2.24) is 9.80 Å². The van der Waals surface area contributed by atoms with Crippen LogP contribution in [0.3, 0.4) is 0 Å². The van der Waals surface area contributed by atoms with Gasteiger partial charge in [0, 0.05) is 32.7 Å². The zero-order valence-electron chi connectivity index (χ0n) is 10.9. The number of benzene rings is 1. The fraction of sp³-hybridized carbons (Fsp3) is 0.600. The molecule has 0 aromatic heterocycles. The van der Waals surface area contributed by atoms with Gasteiger partial charge in [-0.05, 0) is 18.5 Å². The lowest BCUT2D eigenvalue weighted by Gasteiger charge is -2.34. The Morgan fingerprint density at radius 2 is 1.59 bits per heavy atom. The molecular formula is C15H24N2. The van der Waals surface area contributed by atoms with Gasteiger partial charge in [0.05, 0.1) is 0 Å². The van der Waals surface area contributed by atoms with E-state index in [0.29, 0.717) is 0 Å². The second kappa shape index (κ2) is 6.77. The number of rotatable bonds is 5. The highest BCUT2D eigenvalue weighted by Crippen LogP contribution is 2.08. The largest absolute Gasteiger partial charge is 0.301 e. The molecule has 0 aliphatic carbocycles. The summed E-state index contributed by atoms with van der Waals surface area (Å²) in [4.78, 5) is 5.17. The Morgan fingerprint density at radius 1 is 0.941 bits per heavy atom. The third kappa shape index (κ3) is 4.14. The topological polar surface area (TPSA) is 6.48 Å². The minimum atomic E-state index is 1.11. The molecule has 1 aromatic carbocycles. The first-order valence-corrected chi connectivity index (χ1v) is 6.87. The summed E-state index contributed by atoms with van der Waals surface area (Å²) in [7, 11) is 0. The van der Waals surface area contributed by atoms with Crippen molar-refractivity contribution in [2.24, 2.45) is 0 Å². The van der Waals surface area contributed by atoms with Gasteiger partial charge in [0.2, 0.25) is 0 Å². The maximum Gasteiger partial charge on any atom is 0.0234 e. The van der Waals surface area contributed by atoms with E-state index in [1.54, 1.807) is 0 Å². The van der Waals surface area contributed by atoms with Gasteiger partial charge in [-0.25, -0.2) is 0 Å². The van der Waals surface area contributed by atoms with Crippen LogP contribution < -0.4 is 0 Å². The molecule has 94 valence electrons. The molecule has 1 saturated heterocycles. The Bertz CT molecular complexity index is 302. The number of nitrogens with zero attached hydrogens (tertiary/aromatic N) is 2. The van der Waals surface area contributed by atoms with Crippen LogP contribution in [-0.4, -0.2) is 42.5 Å². The second-order valence-electron chi connectivity index (χ2n) is 4.96. The smallest absolute Gasteiger partial charge is 0.0234 e. The van der Waals surface area contributed by atoms with Gasteiger partial charge in [-0.3, -0.25) is 4.90 Å². The van der Waals surface area contributed by atoms with Crippen molar-refractivity contribution in [2.75, 3.05) is 32.7 Å². The minimum Gasteiger partial charge on any atom is -0.301 e. The molecule has 0 amide bonds. The Labute approximate surface area is 105 Å². The van der Waals surface area contributed by atoms with E-state index in [2.05, 4.69) is 47.1 Å². The number of hydrogen-bond donors (Lipinski definition) is 0. The fourth-order valence-electron chi connectivity index (χ4n) is 2.39. The van der Waals surface area contributed by atoms with Crippen molar-refractivity contribution in [3.63, 3.8) is 0 Å². The van der Waals surface area contributed by atoms with Crippen LogP contribution >= 0.6 is 0 Å². The van der Waals surface area contributed by atoms with Crippen molar-refractivity contribution in [3.05, 3.63) is 35.9 Å². The van der Waals surface area contributed by atoms with E-state index in [1.165, 1.54) is 51.1 Å². The first-order chi connectivity index (χ1) is 8.38. The Kier molecular flexibility index (Phi) is 5.02. The third-order valence-electron chi connectivity index (χ3n) is 3.54. The molecule has 1 heterocycles. The summed E-state index contributed by atoms with van der Waals surface area (Å²) in [5.74, 6) is 0. The SMILES string of the molecule is CCCCN1CCN(Cc2ccccc2)CC1. The second-order valence-corrected chi connectivity index (χ2v) is 4.96. The summed E-state index contributed by atoms with van der Waals surface area (Å²) >= 11 is 0. The first kappa shape index (κ1) is 12.6. The molecule has 2 rings (SSSR count). The van der Waals surface area contributed by atoms with Crippen LogP contribution in [0.5, 0.6) is 0 Å². The molecule has 2 nitrogen and oxygen atoms in total. The Hall–Kier alpha value is -0.860. The molecule has 0 atom stereocenters. The van der Waals surface area contributed by atoms with Crippen LogP contribution in [0.4, 0.5) is 0 Å². The number of unbranched alkanes of at least 4 members (excludes halogenated alkanes) is 1. The molecule has 1 fully saturated rings. The van der Waals surface area contributed by atoms with Crippen molar-refractivity contribution in [1.29, 1.82) is 0 Å². The van der Waals surface area contributed by atoms with Crippen molar-refractivity contribution in [3.8, 4) is 0 Å². The van der Waals surface area contributed by atoms with E-state index in [4.69, 9.17) is 0 Å². The average molecular weight is 232 g/mol. The normalized spacial score (nSPS) is 18.4. The lowest BCUT2D eigenvalue weighted by Crippen LogP contribution is -2.46. The van der Waals surface area contributed by atoms with Crippen molar-refractivity contribution >= 4 is 0 Å². The van der Waals surface area contributed by atoms with E-state index in [1.807, 2.05) is 0 Å². The summed E-state index contributed by atoms with van der Waals surface area (Å²) < 4.78 is 0. The molecule has 1 aliphatic heterocycles. The summed E-state index contributed by atoms with van der Waals surface area (Å²) in [6, 6.07) is 10.8. The van der Waals surface area contributed by atoms with E-state index in [-0.39, 0.29) is 0 Å². The van der Waals surface area contributed by atoms with Gasteiger partial charge in [-0.1, -0.05) is 43.7 Å². The fourth-order valence-corrected chi connectivity index (χ4v) is 2.39. The van der Waals surface area contributed by atoms with Crippen molar-refractivity contribution in [2.45, 2.75) is 26.3 Å². The summed E-state index contributed by atoms with van der Waals surface area (Å²) in [6.07, 6.45) is 2.66. The van der Waals surface area contributed by atoms with Gasteiger partial charge in [-0.15, -0.1) is 0 Å². The summed E-state index contributed by atoms with van der Waals surface area (Å²) in [5, 5.41) is 0. The molecule has 0 spiro atoms. The lowest BCUT2D eigenvalue weighted by molar-refractivity contribution is 0.126. The maximum absolute atomic E-state index is 2.60. The van der Waals surface area contributed by atoms with Crippen LogP contribution in [0.2, 0.25) is 0 Å². The standard InChI is InChI=1S/C15H24N2/c1-2-3-9-16-10-12-17(13-11-16)14-15-7-5-4-6-8-15/h4-8H,2-3,9-14H2,1H3. The number of piperazine rings is 1. The molecule has 1 aliphatic rings. The highest BCUT2D eigenvalue weighted by Gasteiger charge is 2.15. The van der Waals surface area contributed by atoms with Crippen LogP contribution in [0.25, 0.3) is 0 Å². The van der Waals surface area contributed by atoms with Gasteiger partial charge >= 0.3 is 0 Å². The predicted octanol–water partition coefficient (Wildman–Crippen LogP) is 2.60. The molecule has 0 saturated carbocycles. The minimum absolute atomic E-state index is 1.11. The Morgan fingerprint density at radius 3 is 2.24 bits per heavy atom. The molecule has 1 aromatic rings. The van der Waals surface area contributed by atoms with Crippen LogP contribution in [-0.2, 0) is 6.54 Å². The highest BCUT2D eigenvalue weighted by molar-refractivity contribution is 5.14. The molecule has 17 heavy (non-hydrogen) atoms. The molecule has 0 bridgehead atoms. The van der Waals surface area contributed by atoms with Crippen LogP contribution in [0.1, 0.15) is 25.3 Å². The number of hydrogen-bond acceptors (Lipinski definition) is 2. The highest BCUT2D eigenvalue weighted by atomic mass is 15.3. The molecule has 2 heteroatoms. The van der Waals surface area contributed by atoms with Crippen LogP contribution in [0, 0.1) is 0 Å². The van der Waals surface area contributed by atoms with E-state index < -0.39 is 0 Å². The van der Waals surface area contributed by atoms with Gasteiger partial charge in [0.15, 0.2) is 0 Å². The van der Waals surface area contributed by atoms with Crippen molar-refractivity contribution < 1.29 is 0 Å². The summed E-state index contributed by atoms with van der Waals surface area (Å²) in [6.45, 7) is 9.60. The lowest BCUT2D eigenvalue weighted by atomic mass is 10.2. The molecular weight excluding hydrogens is 208 g/mol. The van der Waals surface area contributed by atoms with E-state index >= 15 is 0 Å². The first-order valence-electron chi connectivity index (χ1n) is 6.87. The summed E-state index contributed by atoms with van der Waals surface area (Å²) in [5.41, 5.74) is 1.44. The van der Waals surface area contributed by atoms with Crippen LogP contribution in [0.15, 0.2) is 30.3 Å².